The lowest BCUT2D eigenvalue weighted by Gasteiger charge is -2.25. The third-order valence-electron chi connectivity index (χ3n) is 2.24. The highest BCUT2D eigenvalue weighted by Gasteiger charge is 2.17. The summed E-state index contributed by atoms with van der Waals surface area (Å²) in [4.78, 5) is 27.1. The predicted octanol–water partition coefficient (Wildman–Crippen LogP) is 1.46. The van der Waals surface area contributed by atoms with Crippen LogP contribution in [-0.2, 0) is 0 Å². The molecule has 1 N–H and O–H groups in total. The number of aromatic nitrogens is 1. The first-order valence-electron chi connectivity index (χ1n) is 5.12. The van der Waals surface area contributed by atoms with Crippen LogP contribution in [0.4, 0.5) is 0 Å². The lowest BCUT2D eigenvalue weighted by molar-refractivity contribution is 0.0718. The number of aromatic amines is 1. The molecule has 0 unspecified atom stereocenters. The van der Waals surface area contributed by atoms with E-state index in [4.69, 9.17) is 11.6 Å². The molecule has 1 amide bonds. The molecule has 1 aromatic rings. The van der Waals surface area contributed by atoms with Gasteiger partial charge in [0, 0.05) is 30.7 Å². The average Bonchev–Trinajstić information content (AvgIpc) is 2.25. The Balaban J connectivity index is 2.90. The van der Waals surface area contributed by atoms with Crippen LogP contribution in [0.5, 0.6) is 0 Å². The number of halogens is 1. The van der Waals surface area contributed by atoms with E-state index in [0.717, 1.165) is 0 Å². The van der Waals surface area contributed by atoms with Gasteiger partial charge in [-0.1, -0.05) is 0 Å². The van der Waals surface area contributed by atoms with E-state index in [9.17, 15) is 9.59 Å². The molecule has 0 aliphatic rings. The molecule has 16 heavy (non-hydrogen) atoms. The Morgan fingerprint density at radius 1 is 1.50 bits per heavy atom. The zero-order chi connectivity index (χ0) is 12.1. The minimum absolute atomic E-state index is 0.0816. The minimum Gasteiger partial charge on any atom is -0.335 e. The quantitative estimate of drug-likeness (QED) is 0.813. The molecule has 1 rings (SSSR count). The van der Waals surface area contributed by atoms with Crippen molar-refractivity contribution in [1.82, 2.24) is 9.88 Å². The number of amides is 1. The second-order valence-corrected chi connectivity index (χ2v) is 4.10. The summed E-state index contributed by atoms with van der Waals surface area (Å²) in [6, 6.07) is 2.94. The van der Waals surface area contributed by atoms with Gasteiger partial charge in [0.1, 0.15) is 0 Å². The number of rotatable bonds is 4. The van der Waals surface area contributed by atoms with E-state index < -0.39 is 0 Å². The van der Waals surface area contributed by atoms with Gasteiger partial charge in [0.15, 0.2) is 0 Å². The fourth-order valence-electron chi connectivity index (χ4n) is 1.39. The van der Waals surface area contributed by atoms with E-state index in [1.54, 1.807) is 4.90 Å². The van der Waals surface area contributed by atoms with Gasteiger partial charge in [-0.2, -0.15) is 0 Å². The topological polar surface area (TPSA) is 53.2 Å². The van der Waals surface area contributed by atoms with Crippen LogP contribution in [0.2, 0.25) is 0 Å². The van der Waals surface area contributed by atoms with Crippen molar-refractivity contribution < 1.29 is 4.79 Å². The maximum atomic E-state index is 12.0. The van der Waals surface area contributed by atoms with Gasteiger partial charge in [-0.05, 0) is 19.9 Å². The van der Waals surface area contributed by atoms with E-state index in [2.05, 4.69) is 4.98 Å². The highest BCUT2D eigenvalue weighted by Crippen LogP contribution is 2.06. The largest absolute Gasteiger partial charge is 0.335 e. The summed E-state index contributed by atoms with van der Waals surface area (Å²) >= 11 is 5.65. The Morgan fingerprint density at radius 3 is 2.62 bits per heavy atom. The second-order valence-electron chi connectivity index (χ2n) is 3.72. The Bertz CT molecular complexity index is 394. The third-order valence-corrected chi connectivity index (χ3v) is 2.41. The number of nitrogens with zero attached hydrogens (tertiary/aromatic N) is 1. The standard InChI is InChI=1S/C11H15ClN2O2/c1-8(2)14(6-5-12)11(16)9-3-4-10(15)13-7-9/h3-4,7-8H,5-6H2,1-2H3,(H,13,15). The Kier molecular flexibility index (Phi) is 4.55. The zero-order valence-corrected chi connectivity index (χ0v) is 10.1. The van der Waals surface area contributed by atoms with Crippen LogP contribution >= 0.6 is 11.6 Å². The van der Waals surface area contributed by atoms with Crippen LogP contribution in [0, 0.1) is 0 Å². The number of carbonyl (C=O) groups excluding carboxylic acids is 1. The van der Waals surface area contributed by atoms with Crippen LogP contribution in [0.15, 0.2) is 23.1 Å². The molecule has 5 heteroatoms. The van der Waals surface area contributed by atoms with Gasteiger partial charge in [-0.15, -0.1) is 11.6 Å². The molecule has 0 fully saturated rings. The van der Waals surface area contributed by atoms with Crippen LogP contribution in [0.25, 0.3) is 0 Å². The van der Waals surface area contributed by atoms with Gasteiger partial charge in [0.25, 0.3) is 5.91 Å². The molecule has 0 aliphatic carbocycles. The van der Waals surface area contributed by atoms with Crippen molar-refractivity contribution >= 4 is 17.5 Å². The SMILES string of the molecule is CC(C)N(CCCl)C(=O)c1ccc(=O)[nH]c1. The van der Waals surface area contributed by atoms with Gasteiger partial charge in [0.2, 0.25) is 5.56 Å². The lowest BCUT2D eigenvalue weighted by atomic mass is 10.2. The van der Waals surface area contributed by atoms with Crippen LogP contribution in [0.1, 0.15) is 24.2 Å². The monoisotopic (exact) mass is 242 g/mol. The Hall–Kier alpha value is -1.29. The van der Waals surface area contributed by atoms with E-state index in [-0.39, 0.29) is 17.5 Å². The summed E-state index contributed by atoms with van der Waals surface area (Å²) in [5.74, 6) is 0.277. The highest BCUT2D eigenvalue weighted by atomic mass is 35.5. The van der Waals surface area contributed by atoms with Gasteiger partial charge >= 0.3 is 0 Å². The molecule has 0 saturated carbocycles. The first-order valence-corrected chi connectivity index (χ1v) is 5.65. The molecule has 0 radical (unpaired) electrons. The summed E-state index contributed by atoms with van der Waals surface area (Å²) in [5, 5.41) is 0. The molecular weight excluding hydrogens is 228 g/mol. The number of pyridine rings is 1. The summed E-state index contributed by atoms with van der Waals surface area (Å²) < 4.78 is 0. The number of hydrogen-bond donors (Lipinski definition) is 1. The molecule has 88 valence electrons. The number of nitrogens with one attached hydrogen (secondary N) is 1. The molecule has 0 saturated heterocycles. The van der Waals surface area contributed by atoms with Gasteiger partial charge < -0.3 is 9.88 Å². The van der Waals surface area contributed by atoms with Crippen LogP contribution in [0.3, 0.4) is 0 Å². The first kappa shape index (κ1) is 12.8. The van der Waals surface area contributed by atoms with E-state index in [1.807, 2.05) is 13.8 Å². The van der Waals surface area contributed by atoms with Crippen molar-refractivity contribution in [3.8, 4) is 0 Å². The average molecular weight is 243 g/mol. The zero-order valence-electron chi connectivity index (χ0n) is 9.37. The first-order chi connectivity index (χ1) is 7.56. The van der Waals surface area contributed by atoms with Crippen molar-refractivity contribution in [1.29, 1.82) is 0 Å². The van der Waals surface area contributed by atoms with Gasteiger partial charge in [-0.25, -0.2) is 0 Å². The number of H-pyrrole nitrogens is 1. The number of hydrogen-bond acceptors (Lipinski definition) is 2. The summed E-state index contributed by atoms with van der Waals surface area (Å²) in [6.45, 7) is 4.35. The van der Waals surface area contributed by atoms with Crippen molar-refractivity contribution in [3.63, 3.8) is 0 Å². The summed E-state index contributed by atoms with van der Waals surface area (Å²) in [6.07, 6.45) is 1.42. The Labute approximate surface area is 99.2 Å². The summed E-state index contributed by atoms with van der Waals surface area (Å²) in [5.41, 5.74) is 0.253. The fourth-order valence-corrected chi connectivity index (χ4v) is 1.58. The normalized spacial score (nSPS) is 10.5. The molecule has 0 aliphatic heterocycles. The van der Waals surface area contributed by atoms with Crippen LogP contribution in [-0.4, -0.2) is 34.3 Å². The molecular formula is C11H15ClN2O2. The highest BCUT2D eigenvalue weighted by molar-refractivity contribution is 6.18. The van der Waals surface area contributed by atoms with E-state index in [1.165, 1.54) is 18.3 Å². The number of alkyl halides is 1. The predicted molar refractivity (Wildman–Crippen MR) is 64.0 cm³/mol. The third kappa shape index (κ3) is 3.10. The van der Waals surface area contributed by atoms with Crippen molar-refractivity contribution in [3.05, 3.63) is 34.2 Å². The lowest BCUT2D eigenvalue weighted by Crippen LogP contribution is -2.38. The van der Waals surface area contributed by atoms with Crippen molar-refractivity contribution in [2.24, 2.45) is 0 Å². The molecule has 1 heterocycles. The maximum Gasteiger partial charge on any atom is 0.255 e. The van der Waals surface area contributed by atoms with Crippen molar-refractivity contribution in [2.45, 2.75) is 19.9 Å². The van der Waals surface area contributed by atoms with Gasteiger partial charge in [-0.3, -0.25) is 9.59 Å². The molecule has 4 nitrogen and oxygen atoms in total. The maximum absolute atomic E-state index is 12.0. The van der Waals surface area contributed by atoms with Crippen LogP contribution < -0.4 is 5.56 Å². The molecule has 1 aromatic heterocycles. The molecule has 0 spiro atoms. The van der Waals surface area contributed by atoms with E-state index in [0.29, 0.717) is 18.0 Å². The summed E-state index contributed by atoms with van der Waals surface area (Å²) in [7, 11) is 0. The molecule has 0 atom stereocenters. The van der Waals surface area contributed by atoms with Gasteiger partial charge in [0.05, 0.1) is 5.56 Å². The molecule has 0 bridgehead atoms. The fraction of sp³-hybridized carbons (Fsp3) is 0.455. The minimum atomic E-state index is -0.218. The van der Waals surface area contributed by atoms with Crippen molar-refractivity contribution in [2.75, 3.05) is 12.4 Å². The Morgan fingerprint density at radius 2 is 2.19 bits per heavy atom. The van der Waals surface area contributed by atoms with E-state index >= 15 is 0 Å². The molecule has 0 aromatic carbocycles. The second kappa shape index (κ2) is 5.70. The number of carbonyl (C=O) groups is 1. The smallest absolute Gasteiger partial charge is 0.255 e.